The van der Waals surface area contributed by atoms with Gasteiger partial charge < -0.3 is 20.9 Å². The Morgan fingerprint density at radius 1 is 1.17 bits per heavy atom. The number of hydrogen-bond donors (Lipinski definition) is 3. The quantitative estimate of drug-likeness (QED) is 0.565. The van der Waals surface area contributed by atoms with E-state index in [2.05, 4.69) is 10.3 Å². The molecule has 1 unspecified atom stereocenters. The van der Waals surface area contributed by atoms with Crippen molar-refractivity contribution in [3.63, 3.8) is 0 Å². The third kappa shape index (κ3) is 6.00. The molecule has 1 atom stereocenters. The van der Waals surface area contributed by atoms with Crippen molar-refractivity contribution in [3.8, 4) is 5.75 Å². The molecule has 2 aromatic carbocycles. The maximum absolute atomic E-state index is 9.92. The van der Waals surface area contributed by atoms with Crippen LogP contribution in [0, 0.1) is 13.8 Å². The number of ether oxygens (including phenoxy) is 1. The van der Waals surface area contributed by atoms with E-state index in [1.54, 1.807) is 0 Å². The zero-order chi connectivity index (χ0) is 16.7. The minimum absolute atomic E-state index is 0.171. The van der Waals surface area contributed by atoms with E-state index in [0.29, 0.717) is 0 Å². The standard InChI is InChI=1S/C18H23N3O2/c1-13-5-3-7-15(9-13)21-18(19)20-11-16(22)12-23-17-8-4-6-14(2)10-17/h3-10,16,22H,11-12H2,1-2H3,(H3,19,20,21). The summed E-state index contributed by atoms with van der Waals surface area (Å²) in [4.78, 5) is 4.13. The fraction of sp³-hybridized carbons (Fsp3) is 0.278. The van der Waals surface area contributed by atoms with Crippen molar-refractivity contribution in [1.82, 2.24) is 0 Å². The third-order valence-corrected chi connectivity index (χ3v) is 3.19. The maximum atomic E-state index is 9.92. The van der Waals surface area contributed by atoms with Crippen LogP contribution < -0.4 is 15.8 Å². The van der Waals surface area contributed by atoms with Gasteiger partial charge in [-0.1, -0.05) is 24.3 Å². The van der Waals surface area contributed by atoms with E-state index >= 15 is 0 Å². The Hall–Kier alpha value is -2.53. The van der Waals surface area contributed by atoms with E-state index < -0.39 is 6.10 Å². The highest BCUT2D eigenvalue weighted by Gasteiger charge is 2.05. The van der Waals surface area contributed by atoms with Gasteiger partial charge in [-0.05, 0) is 49.2 Å². The van der Waals surface area contributed by atoms with E-state index in [9.17, 15) is 5.11 Å². The molecule has 5 nitrogen and oxygen atoms in total. The van der Waals surface area contributed by atoms with E-state index in [1.807, 2.05) is 62.4 Å². The van der Waals surface area contributed by atoms with Gasteiger partial charge in [-0.15, -0.1) is 0 Å². The summed E-state index contributed by atoms with van der Waals surface area (Å²) in [7, 11) is 0. The largest absolute Gasteiger partial charge is 0.491 e. The molecule has 0 aromatic heterocycles. The van der Waals surface area contributed by atoms with Crippen LogP contribution in [0.4, 0.5) is 5.69 Å². The Kier molecular flexibility index (Phi) is 6.00. The number of nitrogens with two attached hydrogens (primary N) is 1. The summed E-state index contributed by atoms with van der Waals surface area (Å²) in [5.74, 6) is 1.00. The van der Waals surface area contributed by atoms with Crippen LogP contribution in [-0.2, 0) is 0 Å². The van der Waals surface area contributed by atoms with Crippen LogP contribution >= 0.6 is 0 Å². The zero-order valence-corrected chi connectivity index (χ0v) is 13.5. The number of hydrogen-bond acceptors (Lipinski definition) is 3. The number of aliphatic hydroxyl groups is 1. The monoisotopic (exact) mass is 313 g/mol. The molecule has 0 fully saturated rings. The molecule has 0 bridgehead atoms. The summed E-state index contributed by atoms with van der Waals surface area (Å²) in [5.41, 5.74) is 8.94. The lowest BCUT2D eigenvalue weighted by molar-refractivity contribution is 0.114. The average molecular weight is 313 g/mol. The van der Waals surface area contributed by atoms with Crippen LogP contribution in [0.1, 0.15) is 11.1 Å². The molecule has 122 valence electrons. The topological polar surface area (TPSA) is 79.9 Å². The minimum Gasteiger partial charge on any atom is -0.491 e. The molecule has 4 N–H and O–H groups in total. The maximum Gasteiger partial charge on any atom is 0.193 e. The van der Waals surface area contributed by atoms with Crippen LogP contribution in [-0.4, -0.2) is 30.3 Å². The predicted molar refractivity (Wildman–Crippen MR) is 94.0 cm³/mol. The normalized spacial score (nSPS) is 12.7. The van der Waals surface area contributed by atoms with Crippen molar-refractivity contribution in [2.75, 3.05) is 18.5 Å². The first kappa shape index (κ1) is 16.8. The average Bonchev–Trinajstić information content (AvgIpc) is 2.51. The second kappa shape index (κ2) is 8.19. The molecule has 0 aliphatic rings. The number of guanidine groups is 1. The summed E-state index contributed by atoms with van der Waals surface area (Å²) in [5, 5.41) is 12.9. The van der Waals surface area contributed by atoms with Gasteiger partial charge in [0.25, 0.3) is 0 Å². The fourth-order valence-corrected chi connectivity index (χ4v) is 2.06. The first-order valence-corrected chi connectivity index (χ1v) is 7.54. The van der Waals surface area contributed by atoms with Crippen LogP contribution in [0.3, 0.4) is 0 Å². The molecule has 2 aromatic rings. The van der Waals surface area contributed by atoms with Gasteiger partial charge in [0.15, 0.2) is 5.96 Å². The molecular weight excluding hydrogens is 290 g/mol. The first-order valence-electron chi connectivity index (χ1n) is 7.54. The summed E-state index contributed by atoms with van der Waals surface area (Å²) < 4.78 is 5.53. The molecule has 5 heteroatoms. The Balaban J connectivity index is 1.79. The lowest BCUT2D eigenvalue weighted by atomic mass is 10.2. The van der Waals surface area contributed by atoms with Crippen molar-refractivity contribution in [1.29, 1.82) is 0 Å². The van der Waals surface area contributed by atoms with Crippen LogP contribution in [0.25, 0.3) is 0 Å². The van der Waals surface area contributed by atoms with Crippen LogP contribution in [0.2, 0.25) is 0 Å². The van der Waals surface area contributed by atoms with Gasteiger partial charge in [-0.2, -0.15) is 0 Å². The highest BCUT2D eigenvalue weighted by atomic mass is 16.5. The molecule has 0 aliphatic heterocycles. The molecule has 0 saturated heterocycles. The van der Waals surface area contributed by atoms with Gasteiger partial charge in [-0.25, -0.2) is 0 Å². The van der Waals surface area contributed by atoms with Crippen molar-refractivity contribution in [2.24, 2.45) is 10.7 Å². The number of nitrogens with zero attached hydrogens (tertiary/aromatic N) is 1. The summed E-state index contributed by atoms with van der Waals surface area (Å²) in [6.45, 7) is 4.34. The molecule has 0 radical (unpaired) electrons. The lowest BCUT2D eigenvalue weighted by Crippen LogP contribution is -2.27. The second-order valence-electron chi connectivity index (χ2n) is 5.50. The van der Waals surface area contributed by atoms with Gasteiger partial charge in [0.1, 0.15) is 18.5 Å². The number of rotatable bonds is 6. The molecule has 2 rings (SSSR count). The van der Waals surface area contributed by atoms with Crippen molar-refractivity contribution < 1.29 is 9.84 Å². The van der Waals surface area contributed by atoms with Crippen molar-refractivity contribution in [3.05, 3.63) is 59.7 Å². The van der Waals surface area contributed by atoms with E-state index in [0.717, 1.165) is 22.6 Å². The predicted octanol–water partition coefficient (Wildman–Crippen LogP) is 2.47. The molecule has 0 spiro atoms. The van der Waals surface area contributed by atoms with Gasteiger partial charge in [-0.3, -0.25) is 4.99 Å². The number of aliphatic imine (C=N–C) groups is 1. The van der Waals surface area contributed by atoms with Gasteiger partial charge in [0.2, 0.25) is 0 Å². The lowest BCUT2D eigenvalue weighted by Gasteiger charge is -2.12. The number of aryl methyl sites for hydroxylation is 2. The number of aliphatic hydroxyl groups excluding tert-OH is 1. The second-order valence-corrected chi connectivity index (χ2v) is 5.50. The summed E-state index contributed by atoms with van der Waals surface area (Å²) in [6, 6.07) is 15.5. The van der Waals surface area contributed by atoms with Gasteiger partial charge in [0.05, 0.1) is 6.54 Å². The molecular formula is C18H23N3O2. The number of nitrogens with one attached hydrogen (secondary N) is 1. The Morgan fingerprint density at radius 2 is 1.87 bits per heavy atom. The SMILES string of the molecule is Cc1cccc(NC(N)=NCC(O)COc2cccc(C)c2)c1. The van der Waals surface area contributed by atoms with Crippen molar-refractivity contribution >= 4 is 11.6 Å². The zero-order valence-electron chi connectivity index (χ0n) is 13.5. The molecule has 23 heavy (non-hydrogen) atoms. The first-order chi connectivity index (χ1) is 11.0. The smallest absolute Gasteiger partial charge is 0.193 e. The van der Waals surface area contributed by atoms with E-state index in [-0.39, 0.29) is 19.1 Å². The number of benzene rings is 2. The third-order valence-electron chi connectivity index (χ3n) is 3.19. The molecule has 0 heterocycles. The molecule has 0 aliphatic carbocycles. The fourth-order valence-electron chi connectivity index (χ4n) is 2.06. The minimum atomic E-state index is -0.714. The highest BCUT2D eigenvalue weighted by molar-refractivity contribution is 5.92. The van der Waals surface area contributed by atoms with Crippen molar-refractivity contribution in [2.45, 2.75) is 20.0 Å². The summed E-state index contributed by atoms with van der Waals surface area (Å²) in [6.07, 6.45) is -0.714. The van der Waals surface area contributed by atoms with Crippen LogP contribution in [0.15, 0.2) is 53.5 Å². The number of anilines is 1. The molecule has 0 saturated carbocycles. The Bertz CT molecular complexity index is 671. The van der Waals surface area contributed by atoms with E-state index in [1.165, 1.54) is 0 Å². The Labute approximate surface area is 136 Å². The Morgan fingerprint density at radius 3 is 2.57 bits per heavy atom. The molecule has 0 amide bonds. The highest BCUT2D eigenvalue weighted by Crippen LogP contribution is 2.12. The van der Waals surface area contributed by atoms with Crippen LogP contribution in [0.5, 0.6) is 5.75 Å². The summed E-state index contributed by atoms with van der Waals surface area (Å²) >= 11 is 0. The van der Waals surface area contributed by atoms with E-state index in [4.69, 9.17) is 10.5 Å². The van der Waals surface area contributed by atoms with Gasteiger partial charge >= 0.3 is 0 Å². The van der Waals surface area contributed by atoms with Gasteiger partial charge in [0, 0.05) is 5.69 Å².